The number of benzene rings is 3. The van der Waals surface area contributed by atoms with Crippen molar-refractivity contribution in [3.8, 4) is 0 Å². The fraction of sp³-hybridized carbons (Fsp3) is 0.154. The van der Waals surface area contributed by atoms with Gasteiger partial charge in [-0.15, -0.1) is 17.0 Å². The van der Waals surface area contributed by atoms with Gasteiger partial charge in [0.25, 0.3) is 0 Å². The summed E-state index contributed by atoms with van der Waals surface area (Å²) in [5, 5.41) is 9.95. The van der Waals surface area contributed by atoms with Crippen LogP contribution in [0.5, 0.6) is 0 Å². The van der Waals surface area contributed by atoms with Gasteiger partial charge in [0, 0.05) is 0 Å². The van der Waals surface area contributed by atoms with Gasteiger partial charge < -0.3 is 19.3 Å². The summed E-state index contributed by atoms with van der Waals surface area (Å²) in [5.74, 6) is -2.54. The van der Waals surface area contributed by atoms with Gasteiger partial charge >= 0.3 is 17.9 Å². The lowest BCUT2D eigenvalue weighted by molar-refractivity contribution is -0.131. The normalized spacial score (nSPS) is 12.7. The maximum absolute atomic E-state index is 12.7. The van der Waals surface area contributed by atoms with Gasteiger partial charge in [-0.25, -0.2) is 14.4 Å². The van der Waals surface area contributed by atoms with E-state index >= 15 is 0 Å². The third-order valence-corrected chi connectivity index (χ3v) is 4.78. The average Bonchev–Trinajstić information content (AvgIpc) is 2.90. The fourth-order valence-electron chi connectivity index (χ4n) is 3.05. The highest BCUT2D eigenvalue weighted by Crippen LogP contribution is 2.18. The third-order valence-electron chi connectivity index (χ3n) is 4.78. The number of ether oxygens (including phenoxy) is 3. The van der Waals surface area contributed by atoms with Crippen LogP contribution < -0.4 is 0 Å². The van der Waals surface area contributed by atoms with Gasteiger partial charge in [0.2, 0.25) is 0 Å². The molecule has 0 aliphatic rings. The number of aliphatic hydroxyl groups is 1. The lowest BCUT2D eigenvalue weighted by Gasteiger charge is -2.29. The molecule has 0 aromatic heterocycles. The third kappa shape index (κ3) is 7.59. The summed E-state index contributed by atoms with van der Waals surface area (Å²) in [6, 6.07) is 23.7. The molecule has 3 atom stereocenters. The van der Waals surface area contributed by atoms with Crippen LogP contribution >= 0.6 is 17.0 Å². The molecule has 182 valence electrons. The molecule has 0 aliphatic heterocycles. The van der Waals surface area contributed by atoms with Crippen LogP contribution in [0.15, 0.2) is 91.0 Å². The summed E-state index contributed by atoms with van der Waals surface area (Å²) in [5.41, 5.74) is 0.486. The molecule has 0 radical (unpaired) electrons. The van der Waals surface area contributed by atoms with E-state index in [2.05, 4.69) is 0 Å². The topological polar surface area (TPSA) is 116 Å². The maximum Gasteiger partial charge on any atom is 0.338 e. The van der Waals surface area contributed by atoms with Crippen LogP contribution in [0.3, 0.4) is 0 Å². The lowest BCUT2D eigenvalue weighted by atomic mass is 10.1. The minimum absolute atomic E-state index is 0. The Balaban J connectivity index is 0.00000432. The van der Waals surface area contributed by atoms with Crippen LogP contribution in [-0.4, -0.2) is 54.2 Å². The number of halogens is 1. The van der Waals surface area contributed by atoms with Gasteiger partial charge in [-0.1, -0.05) is 54.6 Å². The Kier molecular flexibility index (Phi) is 10.8. The minimum Gasteiger partial charge on any atom is -0.452 e. The van der Waals surface area contributed by atoms with E-state index in [0.29, 0.717) is 0 Å². The molecule has 1 N–H and O–H groups in total. The molecule has 35 heavy (non-hydrogen) atoms. The smallest absolute Gasteiger partial charge is 0.338 e. The molecule has 0 amide bonds. The van der Waals surface area contributed by atoms with Crippen LogP contribution in [0.25, 0.3) is 0 Å². The van der Waals surface area contributed by atoms with E-state index in [1.54, 1.807) is 54.6 Å². The summed E-state index contributed by atoms with van der Waals surface area (Å²) >= 11 is 0. The number of aldehydes is 1. The van der Waals surface area contributed by atoms with Crippen LogP contribution in [0.4, 0.5) is 0 Å². The Labute approximate surface area is 212 Å². The molecule has 0 aliphatic carbocycles. The van der Waals surface area contributed by atoms with Crippen molar-refractivity contribution in [3.05, 3.63) is 108 Å². The molecule has 0 bridgehead atoms. The molecule has 0 spiro atoms. The molecule has 0 saturated carbocycles. The first-order valence-electron chi connectivity index (χ1n) is 10.4. The van der Waals surface area contributed by atoms with E-state index in [1.807, 2.05) is 0 Å². The lowest BCUT2D eigenvalue weighted by Crippen LogP contribution is -2.48. The summed E-state index contributed by atoms with van der Waals surface area (Å²) < 4.78 is 16.0. The Bertz CT molecular complexity index is 1110. The number of hydrogen-bond acceptors (Lipinski definition) is 8. The largest absolute Gasteiger partial charge is 0.452 e. The summed E-state index contributed by atoms with van der Waals surface area (Å²) in [4.78, 5) is 49.7. The monoisotopic (exact) mass is 542 g/mol. The van der Waals surface area contributed by atoms with Crippen LogP contribution in [0.1, 0.15) is 31.1 Å². The molecule has 0 saturated heterocycles. The van der Waals surface area contributed by atoms with E-state index in [0.717, 1.165) is 0 Å². The SMILES string of the molecule is Br.O=C[C@H](OC(=O)c1ccccc1)[C@H](OC(=O)c1ccccc1)[C@@H](CO)OC(=O)c1ccccc1. The van der Waals surface area contributed by atoms with Gasteiger partial charge in [0.1, 0.15) is 0 Å². The van der Waals surface area contributed by atoms with Gasteiger partial charge in [0.05, 0.1) is 23.3 Å². The standard InChI is InChI=1S/C26H22O8.BrH/c27-16-21(32-24(29)18-10-4-1-5-11-18)23(34-26(31)20-14-8-3-9-15-20)22(17-28)33-25(30)19-12-6-2-7-13-19;/h1-16,21-23,28H,17H2;1H/t21-,22+,23-;/m0./s1. The van der Waals surface area contributed by atoms with Crippen molar-refractivity contribution >= 4 is 41.2 Å². The molecular formula is C26H23BrO8. The quantitative estimate of drug-likeness (QED) is 0.235. The first kappa shape index (κ1) is 27.4. The summed E-state index contributed by atoms with van der Waals surface area (Å²) in [6.07, 6.45) is -4.53. The summed E-state index contributed by atoms with van der Waals surface area (Å²) in [6.45, 7) is -0.807. The van der Waals surface area contributed by atoms with Gasteiger partial charge in [-0.2, -0.15) is 0 Å². The predicted octanol–water partition coefficient (Wildman–Crippen LogP) is 3.43. The number of esters is 3. The van der Waals surface area contributed by atoms with Crippen molar-refractivity contribution in [2.45, 2.75) is 18.3 Å². The summed E-state index contributed by atoms with van der Waals surface area (Å²) in [7, 11) is 0. The van der Waals surface area contributed by atoms with Crippen LogP contribution in [-0.2, 0) is 19.0 Å². The Hall–Kier alpha value is -3.82. The van der Waals surface area contributed by atoms with Crippen molar-refractivity contribution in [1.29, 1.82) is 0 Å². The number of carbonyl (C=O) groups is 4. The molecule has 3 rings (SSSR count). The zero-order chi connectivity index (χ0) is 24.3. The van der Waals surface area contributed by atoms with Gasteiger partial charge in [-0.3, -0.25) is 4.79 Å². The fourth-order valence-corrected chi connectivity index (χ4v) is 3.05. The highest BCUT2D eigenvalue weighted by atomic mass is 79.9. The van der Waals surface area contributed by atoms with Gasteiger partial charge in [-0.05, 0) is 36.4 Å². The first-order valence-corrected chi connectivity index (χ1v) is 10.4. The highest BCUT2D eigenvalue weighted by Gasteiger charge is 2.38. The molecule has 9 heteroatoms. The Morgan fingerprint density at radius 1 is 0.657 bits per heavy atom. The van der Waals surface area contributed by atoms with Crippen molar-refractivity contribution < 1.29 is 38.5 Å². The van der Waals surface area contributed by atoms with Crippen molar-refractivity contribution in [1.82, 2.24) is 0 Å². The molecule has 0 fully saturated rings. The number of hydrogen-bond donors (Lipinski definition) is 1. The van der Waals surface area contributed by atoms with Crippen LogP contribution in [0, 0.1) is 0 Å². The molecule has 8 nitrogen and oxygen atoms in total. The Morgan fingerprint density at radius 3 is 1.40 bits per heavy atom. The van der Waals surface area contributed by atoms with E-state index in [9.17, 15) is 24.3 Å². The predicted molar refractivity (Wildman–Crippen MR) is 130 cm³/mol. The van der Waals surface area contributed by atoms with Crippen molar-refractivity contribution in [2.24, 2.45) is 0 Å². The van der Waals surface area contributed by atoms with E-state index in [1.165, 1.54) is 36.4 Å². The second kappa shape index (κ2) is 13.8. The second-order valence-electron chi connectivity index (χ2n) is 7.10. The molecule has 0 heterocycles. The average molecular weight is 543 g/mol. The number of rotatable bonds is 10. The van der Waals surface area contributed by atoms with E-state index in [4.69, 9.17) is 14.2 Å². The van der Waals surface area contributed by atoms with Crippen molar-refractivity contribution in [3.63, 3.8) is 0 Å². The second-order valence-corrected chi connectivity index (χ2v) is 7.10. The van der Waals surface area contributed by atoms with E-state index < -0.39 is 42.8 Å². The molecule has 3 aromatic rings. The highest BCUT2D eigenvalue weighted by molar-refractivity contribution is 8.93. The molecule has 3 aromatic carbocycles. The number of aliphatic hydroxyl groups excluding tert-OH is 1. The molecule has 0 unspecified atom stereocenters. The minimum atomic E-state index is -1.67. The van der Waals surface area contributed by atoms with E-state index in [-0.39, 0.29) is 40.0 Å². The van der Waals surface area contributed by atoms with Crippen molar-refractivity contribution in [2.75, 3.05) is 6.61 Å². The molecular weight excluding hydrogens is 520 g/mol. The maximum atomic E-state index is 12.7. The van der Waals surface area contributed by atoms with Gasteiger partial charge in [0.15, 0.2) is 24.6 Å². The zero-order valence-electron chi connectivity index (χ0n) is 18.4. The zero-order valence-corrected chi connectivity index (χ0v) is 20.1. The number of carbonyl (C=O) groups excluding carboxylic acids is 4. The van der Waals surface area contributed by atoms with Crippen LogP contribution in [0.2, 0.25) is 0 Å². The first-order chi connectivity index (χ1) is 16.5. The Morgan fingerprint density at radius 2 is 1.03 bits per heavy atom.